The summed E-state index contributed by atoms with van der Waals surface area (Å²) in [5, 5.41) is 12.8. The number of methoxy groups -OCH3 is 1. The molecule has 0 atom stereocenters. The molecule has 0 aromatic carbocycles. The number of rotatable bonds is 11. The van der Waals surface area contributed by atoms with Crippen LogP contribution < -0.4 is 10.1 Å². The summed E-state index contributed by atoms with van der Waals surface area (Å²) >= 11 is 1.46. The number of hydrogen-bond acceptors (Lipinski definition) is 7. The molecular weight excluding hydrogens is 254 g/mol. The van der Waals surface area contributed by atoms with Gasteiger partial charge < -0.3 is 19.5 Å². The lowest BCUT2D eigenvalue weighted by molar-refractivity contribution is 0.0543. The van der Waals surface area contributed by atoms with E-state index in [9.17, 15) is 0 Å². The minimum atomic E-state index is 0.487. The SMILES string of the molecule is CCCNCc1nnc(OCCOCCOC)s1. The lowest BCUT2D eigenvalue weighted by Crippen LogP contribution is -2.13. The summed E-state index contributed by atoms with van der Waals surface area (Å²) < 4.78 is 15.6. The molecule has 0 fully saturated rings. The fourth-order valence-electron chi connectivity index (χ4n) is 1.17. The van der Waals surface area contributed by atoms with Crippen LogP contribution in [0, 0.1) is 0 Å². The third kappa shape index (κ3) is 6.85. The van der Waals surface area contributed by atoms with Crippen molar-refractivity contribution < 1.29 is 14.2 Å². The maximum Gasteiger partial charge on any atom is 0.294 e. The monoisotopic (exact) mass is 275 g/mol. The van der Waals surface area contributed by atoms with Gasteiger partial charge in [0.05, 0.1) is 19.8 Å². The van der Waals surface area contributed by atoms with E-state index in [0.29, 0.717) is 31.6 Å². The summed E-state index contributed by atoms with van der Waals surface area (Å²) in [6, 6.07) is 0. The third-order valence-electron chi connectivity index (χ3n) is 2.04. The van der Waals surface area contributed by atoms with E-state index < -0.39 is 0 Å². The Bertz CT molecular complexity index is 309. The van der Waals surface area contributed by atoms with Crippen LogP contribution in [0.2, 0.25) is 0 Å². The second-order valence-corrected chi connectivity index (χ2v) is 4.62. The Hall–Kier alpha value is -0.760. The van der Waals surface area contributed by atoms with Crippen LogP contribution in [-0.4, -0.2) is 50.3 Å². The number of nitrogens with one attached hydrogen (secondary N) is 1. The molecule has 0 spiro atoms. The van der Waals surface area contributed by atoms with E-state index in [1.807, 2.05) is 0 Å². The van der Waals surface area contributed by atoms with Gasteiger partial charge in [-0.25, -0.2) is 0 Å². The van der Waals surface area contributed by atoms with Gasteiger partial charge in [-0.2, -0.15) is 0 Å². The average molecular weight is 275 g/mol. The molecule has 0 saturated carbocycles. The van der Waals surface area contributed by atoms with Gasteiger partial charge in [-0.1, -0.05) is 18.3 Å². The first-order valence-electron chi connectivity index (χ1n) is 6.09. The summed E-state index contributed by atoms with van der Waals surface area (Å²) in [6.45, 7) is 6.08. The second kappa shape index (κ2) is 10.2. The normalized spacial score (nSPS) is 10.8. The highest BCUT2D eigenvalue weighted by molar-refractivity contribution is 7.13. The molecule has 104 valence electrons. The van der Waals surface area contributed by atoms with E-state index >= 15 is 0 Å². The molecule has 1 heterocycles. The first-order valence-corrected chi connectivity index (χ1v) is 6.91. The molecule has 0 saturated heterocycles. The number of aromatic nitrogens is 2. The van der Waals surface area contributed by atoms with Crippen LogP contribution in [0.4, 0.5) is 0 Å². The first kappa shape index (κ1) is 15.3. The van der Waals surface area contributed by atoms with Gasteiger partial charge in [0, 0.05) is 13.7 Å². The van der Waals surface area contributed by atoms with Crippen molar-refractivity contribution in [1.29, 1.82) is 0 Å². The summed E-state index contributed by atoms with van der Waals surface area (Å²) in [4.78, 5) is 0. The van der Waals surface area contributed by atoms with Gasteiger partial charge in [0.2, 0.25) is 0 Å². The number of nitrogens with zero attached hydrogens (tertiary/aromatic N) is 2. The standard InChI is InChI=1S/C11H21N3O3S/c1-3-4-12-9-10-13-14-11(18-10)17-8-7-16-6-5-15-2/h12H,3-9H2,1-2H3. The van der Waals surface area contributed by atoms with E-state index in [1.165, 1.54) is 11.3 Å². The van der Waals surface area contributed by atoms with Crippen molar-refractivity contribution >= 4 is 11.3 Å². The molecule has 1 rings (SSSR count). The summed E-state index contributed by atoms with van der Waals surface area (Å²) in [6.07, 6.45) is 1.11. The van der Waals surface area contributed by atoms with E-state index in [0.717, 1.165) is 24.5 Å². The van der Waals surface area contributed by atoms with E-state index in [2.05, 4.69) is 22.4 Å². The van der Waals surface area contributed by atoms with Crippen molar-refractivity contribution in [1.82, 2.24) is 15.5 Å². The molecule has 0 radical (unpaired) electrons. The highest BCUT2D eigenvalue weighted by atomic mass is 32.1. The Kier molecular flexibility index (Phi) is 8.66. The van der Waals surface area contributed by atoms with Crippen LogP contribution in [0.3, 0.4) is 0 Å². The van der Waals surface area contributed by atoms with E-state index in [1.54, 1.807) is 7.11 Å². The highest BCUT2D eigenvalue weighted by Gasteiger charge is 2.04. The van der Waals surface area contributed by atoms with Crippen molar-refractivity contribution in [2.24, 2.45) is 0 Å². The van der Waals surface area contributed by atoms with E-state index in [4.69, 9.17) is 14.2 Å². The van der Waals surface area contributed by atoms with Crippen LogP contribution in [0.25, 0.3) is 0 Å². The molecule has 0 aliphatic rings. The smallest absolute Gasteiger partial charge is 0.294 e. The molecule has 7 heteroatoms. The van der Waals surface area contributed by atoms with Gasteiger partial charge in [0.1, 0.15) is 11.6 Å². The number of ether oxygens (including phenoxy) is 3. The minimum Gasteiger partial charge on any atom is -0.466 e. The third-order valence-corrected chi connectivity index (χ3v) is 2.87. The van der Waals surface area contributed by atoms with Crippen LogP contribution >= 0.6 is 11.3 Å². The first-order chi connectivity index (χ1) is 8.86. The molecular formula is C11H21N3O3S. The zero-order chi connectivity index (χ0) is 13.1. The van der Waals surface area contributed by atoms with Crippen molar-refractivity contribution in [2.75, 3.05) is 40.1 Å². The van der Waals surface area contributed by atoms with Gasteiger partial charge in [0.25, 0.3) is 5.19 Å². The fraction of sp³-hybridized carbons (Fsp3) is 0.818. The Morgan fingerprint density at radius 1 is 1.17 bits per heavy atom. The molecule has 1 N–H and O–H groups in total. The molecule has 0 aliphatic heterocycles. The number of hydrogen-bond donors (Lipinski definition) is 1. The summed E-state index contributed by atoms with van der Waals surface area (Å²) in [5.41, 5.74) is 0. The summed E-state index contributed by atoms with van der Waals surface area (Å²) in [7, 11) is 1.65. The Morgan fingerprint density at radius 2 is 2.00 bits per heavy atom. The van der Waals surface area contributed by atoms with E-state index in [-0.39, 0.29) is 0 Å². The van der Waals surface area contributed by atoms with Gasteiger partial charge in [0.15, 0.2) is 0 Å². The molecule has 18 heavy (non-hydrogen) atoms. The van der Waals surface area contributed by atoms with Crippen LogP contribution in [0.15, 0.2) is 0 Å². The van der Waals surface area contributed by atoms with Gasteiger partial charge in [-0.3, -0.25) is 0 Å². The molecule has 0 amide bonds. The fourth-order valence-corrected chi connectivity index (χ4v) is 1.85. The Balaban J connectivity index is 2.07. The molecule has 0 unspecified atom stereocenters. The Morgan fingerprint density at radius 3 is 2.78 bits per heavy atom. The zero-order valence-electron chi connectivity index (χ0n) is 11.0. The second-order valence-electron chi connectivity index (χ2n) is 3.59. The molecule has 0 aliphatic carbocycles. The van der Waals surface area contributed by atoms with Crippen molar-refractivity contribution in [2.45, 2.75) is 19.9 Å². The van der Waals surface area contributed by atoms with Crippen LogP contribution in [-0.2, 0) is 16.0 Å². The van der Waals surface area contributed by atoms with Crippen LogP contribution in [0.5, 0.6) is 5.19 Å². The van der Waals surface area contributed by atoms with Gasteiger partial charge in [-0.05, 0) is 13.0 Å². The minimum absolute atomic E-state index is 0.487. The summed E-state index contributed by atoms with van der Waals surface area (Å²) in [5.74, 6) is 0. The molecule has 1 aromatic heterocycles. The lowest BCUT2D eigenvalue weighted by atomic mass is 10.5. The molecule has 6 nitrogen and oxygen atoms in total. The molecule has 0 bridgehead atoms. The quantitative estimate of drug-likeness (QED) is 0.610. The largest absolute Gasteiger partial charge is 0.466 e. The molecule has 1 aromatic rings. The lowest BCUT2D eigenvalue weighted by Gasteiger charge is -2.03. The van der Waals surface area contributed by atoms with Crippen molar-refractivity contribution in [3.05, 3.63) is 5.01 Å². The van der Waals surface area contributed by atoms with Crippen LogP contribution in [0.1, 0.15) is 18.4 Å². The highest BCUT2D eigenvalue weighted by Crippen LogP contribution is 2.17. The maximum absolute atomic E-state index is 5.42. The topological polar surface area (TPSA) is 65.5 Å². The van der Waals surface area contributed by atoms with Gasteiger partial charge in [-0.15, -0.1) is 10.2 Å². The van der Waals surface area contributed by atoms with Crippen molar-refractivity contribution in [3.63, 3.8) is 0 Å². The zero-order valence-corrected chi connectivity index (χ0v) is 11.8. The maximum atomic E-state index is 5.42. The predicted molar refractivity (Wildman–Crippen MR) is 70.1 cm³/mol. The van der Waals surface area contributed by atoms with Crippen molar-refractivity contribution in [3.8, 4) is 5.19 Å². The average Bonchev–Trinajstić information content (AvgIpc) is 2.82. The van der Waals surface area contributed by atoms with Gasteiger partial charge >= 0.3 is 0 Å². The Labute approximate surface area is 112 Å². The predicted octanol–water partition coefficient (Wildman–Crippen LogP) is 1.08.